The monoisotopic (exact) mass is 383 g/mol. The summed E-state index contributed by atoms with van der Waals surface area (Å²) in [5.41, 5.74) is 1.14. The van der Waals surface area contributed by atoms with E-state index in [2.05, 4.69) is 43.6 Å². The summed E-state index contributed by atoms with van der Waals surface area (Å²) in [4.78, 5) is 26.7. The molecule has 9 heteroatoms. The van der Waals surface area contributed by atoms with Crippen LogP contribution in [-0.4, -0.2) is 31.8 Å². The zero-order valence-electron chi connectivity index (χ0n) is 13.7. The van der Waals surface area contributed by atoms with Crippen LogP contribution in [0.4, 0.5) is 6.01 Å². The number of anilines is 1. The fourth-order valence-corrected chi connectivity index (χ4v) is 4.17. The van der Waals surface area contributed by atoms with Crippen LogP contribution in [0, 0.1) is 6.92 Å². The average molecular weight is 383 g/mol. The van der Waals surface area contributed by atoms with Gasteiger partial charge in [-0.3, -0.25) is 10.1 Å². The van der Waals surface area contributed by atoms with Crippen molar-refractivity contribution < 1.29 is 9.32 Å². The van der Waals surface area contributed by atoms with Crippen molar-refractivity contribution >= 4 is 45.2 Å². The molecule has 0 aliphatic rings. The Morgan fingerprint density at radius 2 is 2.12 bits per heavy atom. The first-order chi connectivity index (χ1) is 12.7. The molecule has 0 saturated carbocycles. The molecule has 26 heavy (non-hydrogen) atoms. The van der Waals surface area contributed by atoms with Crippen LogP contribution in [0.25, 0.3) is 20.7 Å². The van der Waals surface area contributed by atoms with Gasteiger partial charge in [0.1, 0.15) is 16.2 Å². The highest BCUT2D eigenvalue weighted by molar-refractivity contribution is 8.00. The zero-order valence-corrected chi connectivity index (χ0v) is 15.3. The lowest BCUT2D eigenvalue weighted by Gasteiger charge is -2.01. The summed E-state index contributed by atoms with van der Waals surface area (Å²) in [6, 6.07) is 12.3. The molecule has 1 aromatic carbocycles. The van der Waals surface area contributed by atoms with E-state index in [0.29, 0.717) is 5.82 Å². The van der Waals surface area contributed by atoms with E-state index in [9.17, 15) is 4.79 Å². The Labute approximate surface area is 156 Å². The van der Waals surface area contributed by atoms with Crippen LogP contribution < -0.4 is 5.32 Å². The minimum Gasteiger partial charge on any atom is -0.315 e. The number of carbonyl (C=O) groups is 1. The van der Waals surface area contributed by atoms with Crippen molar-refractivity contribution in [3.05, 3.63) is 48.5 Å². The number of thioether (sulfide) groups is 1. The lowest BCUT2D eigenvalue weighted by Crippen LogP contribution is -2.14. The molecule has 7 nitrogen and oxygen atoms in total. The fourth-order valence-electron chi connectivity index (χ4n) is 2.33. The van der Waals surface area contributed by atoms with Gasteiger partial charge < -0.3 is 4.52 Å². The summed E-state index contributed by atoms with van der Waals surface area (Å²) >= 11 is 2.95. The van der Waals surface area contributed by atoms with Gasteiger partial charge in [-0.25, -0.2) is 9.97 Å². The van der Waals surface area contributed by atoms with Crippen molar-refractivity contribution in [2.45, 2.75) is 11.9 Å². The Balaban J connectivity index is 1.51. The summed E-state index contributed by atoms with van der Waals surface area (Å²) in [5, 5.41) is 7.92. The van der Waals surface area contributed by atoms with Crippen LogP contribution in [0.2, 0.25) is 0 Å². The van der Waals surface area contributed by atoms with Gasteiger partial charge >= 0.3 is 6.01 Å². The third-order valence-electron chi connectivity index (χ3n) is 3.47. The molecule has 4 rings (SSSR count). The van der Waals surface area contributed by atoms with E-state index in [-0.39, 0.29) is 17.7 Å². The smallest absolute Gasteiger partial charge is 0.315 e. The molecule has 3 aromatic heterocycles. The van der Waals surface area contributed by atoms with Gasteiger partial charge in [-0.05, 0) is 18.6 Å². The van der Waals surface area contributed by atoms with E-state index in [1.54, 1.807) is 18.3 Å². The Kier molecular flexibility index (Phi) is 4.63. The number of nitrogens with one attached hydrogen (secondary N) is 1. The van der Waals surface area contributed by atoms with E-state index in [0.717, 1.165) is 25.7 Å². The topological polar surface area (TPSA) is 93.8 Å². The van der Waals surface area contributed by atoms with Gasteiger partial charge in [-0.15, -0.1) is 11.3 Å². The third kappa shape index (κ3) is 3.58. The number of hydrogen-bond donors (Lipinski definition) is 1. The van der Waals surface area contributed by atoms with Crippen LogP contribution in [0.3, 0.4) is 0 Å². The normalized spacial score (nSPS) is 11.0. The maximum atomic E-state index is 12.1. The maximum Gasteiger partial charge on any atom is 0.328 e. The van der Waals surface area contributed by atoms with Crippen molar-refractivity contribution in [2.75, 3.05) is 11.1 Å². The van der Waals surface area contributed by atoms with E-state index in [4.69, 9.17) is 4.52 Å². The summed E-state index contributed by atoms with van der Waals surface area (Å²) in [6.45, 7) is 1.69. The second-order valence-corrected chi connectivity index (χ2v) is 7.35. The largest absolute Gasteiger partial charge is 0.328 e. The van der Waals surface area contributed by atoms with E-state index < -0.39 is 0 Å². The first-order valence-corrected chi connectivity index (χ1v) is 9.52. The minimum atomic E-state index is -0.232. The molecule has 0 unspecified atom stereocenters. The Bertz CT molecular complexity index is 1060. The number of fused-ring (bicyclic) bond motifs is 1. The highest BCUT2D eigenvalue weighted by atomic mass is 32.2. The van der Waals surface area contributed by atoms with Gasteiger partial charge in [0.05, 0.1) is 5.75 Å². The standard InChI is InChI=1S/C17H13N5O2S2/c1-10-20-17(24-22-10)21-14(23)8-25-15-12-7-13(11-5-3-2-4-6-11)26-16(12)19-9-18-15/h2-7,9H,8H2,1H3,(H,20,21,22,23). The summed E-state index contributed by atoms with van der Waals surface area (Å²) in [6.07, 6.45) is 1.52. The van der Waals surface area contributed by atoms with E-state index >= 15 is 0 Å². The van der Waals surface area contributed by atoms with Gasteiger partial charge in [0.2, 0.25) is 5.91 Å². The molecule has 130 valence electrons. The van der Waals surface area contributed by atoms with Crippen LogP contribution in [0.15, 0.2) is 52.3 Å². The van der Waals surface area contributed by atoms with E-state index in [1.165, 1.54) is 18.1 Å². The first kappa shape index (κ1) is 16.7. The number of aromatic nitrogens is 4. The van der Waals surface area contributed by atoms with Crippen LogP contribution in [0.1, 0.15) is 5.82 Å². The molecule has 0 bridgehead atoms. The van der Waals surface area contributed by atoms with E-state index in [1.807, 2.05) is 18.2 Å². The predicted octanol–water partition coefficient (Wildman–Crippen LogP) is 3.78. The molecule has 1 amide bonds. The molecule has 0 fully saturated rings. The number of thiophene rings is 1. The van der Waals surface area contributed by atoms with Gasteiger partial charge in [0, 0.05) is 10.3 Å². The maximum absolute atomic E-state index is 12.1. The first-order valence-electron chi connectivity index (χ1n) is 7.72. The lowest BCUT2D eigenvalue weighted by atomic mass is 10.2. The zero-order chi connectivity index (χ0) is 17.9. The molecule has 4 aromatic rings. The molecule has 1 N–H and O–H groups in total. The molecule has 0 radical (unpaired) electrons. The average Bonchev–Trinajstić information content (AvgIpc) is 3.27. The number of nitrogens with zero attached hydrogens (tertiary/aromatic N) is 4. The van der Waals surface area contributed by atoms with Gasteiger partial charge in [0.25, 0.3) is 0 Å². The van der Waals surface area contributed by atoms with Gasteiger partial charge in [-0.1, -0.05) is 47.3 Å². The summed E-state index contributed by atoms with van der Waals surface area (Å²) in [7, 11) is 0. The highest BCUT2D eigenvalue weighted by Gasteiger charge is 2.13. The molecule has 0 aliphatic heterocycles. The molecule has 0 atom stereocenters. The highest BCUT2D eigenvalue weighted by Crippen LogP contribution is 2.36. The minimum absolute atomic E-state index is 0.0998. The Morgan fingerprint density at radius 1 is 1.27 bits per heavy atom. The SMILES string of the molecule is Cc1noc(NC(=O)CSc2ncnc3sc(-c4ccccc4)cc23)n1. The molecule has 0 aliphatic carbocycles. The number of aryl methyl sites for hydroxylation is 1. The molecule has 3 heterocycles. The predicted molar refractivity (Wildman–Crippen MR) is 101 cm³/mol. The second kappa shape index (κ2) is 7.22. The van der Waals surface area contributed by atoms with Crippen molar-refractivity contribution in [3.63, 3.8) is 0 Å². The van der Waals surface area contributed by atoms with Crippen LogP contribution in [-0.2, 0) is 4.79 Å². The van der Waals surface area contributed by atoms with Crippen LogP contribution >= 0.6 is 23.1 Å². The lowest BCUT2D eigenvalue weighted by molar-refractivity contribution is -0.114. The molecular weight excluding hydrogens is 370 g/mol. The van der Waals surface area contributed by atoms with Gasteiger partial charge in [-0.2, -0.15) is 4.98 Å². The quantitative estimate of drug-likeness (QED) is 0.414. The second-order valence-electron chi connectivity index (χ2n) is 5.36. The summed E-state index contributed by atoms with van der Waals surface area (Å²) in [5.74, 6) is 0.422. The number of carbonyl (C=O) groups excluding carboxylic acids is 1. The molecule has 0 spiro atoms. The Morgan fingerprint density at radius 3 is 2.88 bits per heavy atom. The molecule has 0 saturated heterocycles. The fraction of sp³-hybridized carbons (Fsp3) is 0.118. The van der Waals surface area contributed by atoms with Crippen molar-refractivity contribution in [2.24, 2.45) is 0 Å². The van der Waals surface area contributed by atoms with Crippen molar-refractivity contribution in [3.8, 4) is 10.4 Å². The number of benzene rings is 1. The number of hydrogen-bond acceptors (Lipinski definition) is 8. The Hall–Kier alpha value is -2.78. The van der Waals surface area contributed by atoms with Gasteiger partial charge in [0.15, 0.2) is 5.82 Å². The number of rotatable bonds is 5. The number of amides is 1. The molecular formula is C17H13N5O2S2. The summed E-state index contributed by atoms with van der Waals surface area (Å²) < 4.78 is 4.88. The third-order valence-corrected chi connectivity index (χ3v) is 5.56. The van der Waals surface area contributed by atoms with Crippen molar-refractivity contribution in [1.29, 1.82) is 0 Å². The van der Waals surface area contributed by atoms with Crippen LogP contribution in [0.5, 0.6) is 0 Å². The van der Waals surface area contributed by atoms with Crippen molar-refractivity contribution in [1.82, 2.24) is 20.1 Å².